The molecule has 4 heteroatoms. The molecular formula is C15H17ClFNS. The minimum absolute atomic E-state index is 0.0400. The fourth-order valence-electron chi connectivity index (χ4n) is 1.98. The first-order chi connectivity index (χ1) is 9.13. The van der Waals surface area contributed by atoms with Gasteiger partial charge < -0.3 is 5.32 Å². The lowest BCUT2D eigenvalue weighted by Gasteiger charge is -2.18. The number of aryl methyl sites for hydroxylation is 1. The van der Waals surface area contributed by atoms with Crippen LogP contribution in [-0.2, 0) is 0 Å². The van der Waals surface area contributed by atoms with Gasteiger partial charge in [0.15, 0.2) is 0 Å². The Bertz CT molecular complexity index is 553. The monoisotopic (exact) mass is 297 g/mol. The molecule has 0 aliphatic heterocycles. The third kappa shape index (κ3) is 3.35. The highest BCUT2D eigenvalue weighted by Crippen LogP contribution is 2.35. The van der Waals surface area contributed by atoms with Crippen molar-refractivity contribution in [3.8, 4) is 0 Å². The van der Waals surface area contributed by atoms with Gasteiger partial charge in [-0.2, -0.15) is 0 Å². The summed E-state index contributed by atoms with van der Waals surface area (Å²) in [6.07, 6.45) is 1.02. The molecule has 1 heterocycles. The van der Waals surface area contributed by atoms with Gasteiger partial charge in [-0.1, -0.05) is 30.7 Å². The summed E-state index contributed by atoms with van der Waals surface area (Å²) in [5.74, 6) is -0.217. The molecule has 102 valence electrons. The van der Waals surface area contributed by atoms with Gasteiger partial charge in [0, 0.05) is 4.88 Å². The minimum Gasteiger partial charge on any atom is -0.306 e. The summed E-state index contributed by atoms with van der Waals surface area (Å²) < 4.78 is 13.4. The van der Waals surface area contributed by atoms with Gasteiger partial charge in [-0.3, -0.25) is 0 Å². The predicted octanol–water partition coefficient (Wildman–Crippen LogP) is 4.94. The molecule has 0 saturated heterocycles. The second-order valence-corrected chi connectivity index (χ2v) is 5.83. The van der Waals surface area contributed by atoms with Crippen molar-refractivity contribution < 1.29 is 4.39 Å². The molecule has 2 rings (SSSR count). The summed E-state index contributed by atoms with van der Waals surface area (Å²) in [4.78, 5) is 1.05. The Morgan fingerprint density at radius 1 is 1.42 bits per heavy atom. The molecule has 0 saturated carbocycles. The highest BCUT2D eigenvalue weighted by molar-refractivity contribution is 7.10. The van der Waals surface area contributed by atoms with Crippen LogP contribution in [0.1, 0.15) is 35.4 Å². The van der Waals surface area contributed by atoms with Gasteiger partial charge in [-0.25, -0.2) is 4.39 Å². The van der Waals surface area contributed by atoms with Crippen molar-refractivity contribution in [2.75, 3.05) is 6.54 Å². The third-order valence-electron chi connectivity index (χ3n) is 2.97. The fourth-order valence-corrected chi connectivity index (χ4v) is 3.38. The third-order valence-corrected chi connectivity index (χ3v) is 4.75. The zero-order chi connectivity index (χ0) is 13.8. The minimum atomic E-state index is -0.217. The number of rotatable bonds is 5. The van der Waals surface area contributed by atoms with Gasteiger partial charge in [0.25, 0.3) is 0 Å². The van der Waals surface area contributed by atoms with Crippen LogP contribution in [0.4, 0.5) is 4.39 Å². The Morgan fingerprint density at radius 3 is 2.79 bits per heavy atom. The Balaban J connectivity index is 2.38. The molecule has 2 aromatic rings. The normalized spacial score (nSPS) is 12.6. The molecular weight excluding hydrogens is 281 g/mol. The maximum absolute atomic E-state index is 13.4. The van der Waals surface area contributed by atoms with E-state index in [0.29, 0.717) is 0 Å². The average Bonchev–Trinajstić information content (AvgIpc) is 2.72. The van der Waals surface area contributed by atoms with Crippen molar-refractivity contribution in [1.29, 1.82) is 0 Å². The van der Waals surface area contributed by atoms with Crippen molar-refractivity contribution in [2.45, 2.75) is 26.3 Å². The van der Waals surface area contributed by atoms with Crippen LogP contribution in [0.5, 0.6) is 0 Å². The van der Waals surface area contributed by atoms with Crippen LogP contribution >= 0.6 is 22.9 Å². The largest absolute Gasteiger partial charge is 0.306 e. The number of nitrogens with one attached hydrogen (secondary N) is 1. The SMILES string of the molecule is CCCNC(c1cccc(F)c1)c1scc(C)c1Cl. The van der Waals surface area contributed by atoms with E-state index < -0.39 is 0 Å². The summed E-state index contributed by atoms with van der Waals surface area (Å²) in [6, 6.07) is 6.66. The van der Waals surface area contributed by atoms with E-state index in [1.807, 2.05) is 18.4 Å². The van der Waals surface area contributed by atoms with Crippen LogP contribution in [0.3, 0.4) is 0 Å². The average molecular weight is 298 g/mol. The zero-order valence-corrected chi connectivity index (χ0v) is 12.6. The molecule has 1 nitrogen and oxygen atoms in total. The zero-order valence-electron chi connectivity index (χ0n) is 11.0. The fraction of sp³-hybridized carbons (Fsp3) is 0.333. The molecule has 0 fully saturated rings. The Kier molecular flexibility index (Phi) is 4.97. The number of halogens is 2. The van der Waals surface area contributed by atoms with E-state index in [4.69, 9.17) is 11.6 Å². The van der Waals surface area contributed by atoms with Crippen molar-refractivity contribution in [3.63, 3.8) is 0 Å². The summed E-state index contributed by atoms with van der Waals surface area (Å²) >= 11 is 7.97. The molecule has 1 aromatic heterocycles. The van der Waals surface area contributed by atoms with E-state index in [1.165, 1.54) is 6.07 Å². The Labute approximate surface area is 122 Å². The maximum Gasteiger partial charge on any atom is 0.123 e. The van der Waals surface area contributed by atoms with E-state index in [9.17, 15) is 4.39 Å². The van der Waals surface area contributed by atoms with Crippen molar-refractivity contribution in [1.82, 2.24) is 5.32 Å². The standard InChI is InChI=1S/C15H17ClFNS/c1-3-7-18-14(11-5-4-6-12(17)8-11)15-13(16)10(2)9-19-15/h4-6,8-9,14,18H,3,7H2,1-2H3. The molecule has 1 unspecified atom stereocenters. The number of hydrogen-bond donors (Lipinski definition) is 1. The van der Waals surface area contributed by atoms with Gasteiger partial charge in [-0.15, -0.1) is 11.3 Å². The van der Waals surface area contributed by atoms with Crippen molar-refractivity contribution >= 4 is 22.9 Å². The first-order valence-corrected chi connectivity index (χ1v) is 7.61. The van der Waals surface area contributed by atoms with Crippen molar-refractivity contribution in [2.24, 2.45) is 0 Å². The van der Waals surface area contributed by atoms with Crippen LogP contribution in [-0.4, -0.2) is 6.54 Å². The van der Waals surface area contributed by atoms with Crippen molar-refractivity contribution in [3.05, 3.63) is 56.5 Å². The topological polar surface area (TPSA) is 12.0 Å². The highest BCUT2D eigenvalue weighted by Gasteiger charge is 2.19. The number of thiophene rings is 1. The smallest absolute Gasteiger partial charge is 0.123 e. The van der Waals surface area contributed by atoms with E-state index in [-0.39, 0.29) is 11.9 Å². The maximum atomic E-state index is 13.4. The first-order valence-electron chi connectivity index (χ1n) is 6.35. The highest BCUT2D eigenvalue weighted by atomic mass is 35.5. The molecule has 1 atom stereocenters. The molecule has 0 aliphatic rings. The van der Waals surface area contributed by atoms with Gasteiger partial charge in [-0.05, 0) is 48.5 Å². The second-order valence-electron chi connectivity index (χ2n) is 4.54. The van der Waals surface area contributed by atoms with E-state index in [2.05, 4.69) is 12.2 Å². The van der Waals surface area contributed by atoms with Crippen LogP contribution in [0.25, 0.3) is 0 Å². The Morgan fingerprint density at radius 2 is 2.21 bits per heavy atom. The van der Waals surface area contributed by atoms with Crippen LogP contribution in [0.2, 0.25) is 5.02 Å². The van der Waals surface area contributed by atoms with E-state index in [1.54, 1.807) is 23.5 Å². The van der Waals surface area contributed by atoms with E-state index >= 15 is 0 Å². The predicted molar refractivity (Wildman–Crippen MR) is 80.6 cm³/mol. The van der Waals surface area contributed by atoms with Gasteiger partial charge in [0.2, 0.25) is 0 Å². The molecule has 0 spiro atoms. The molecule has 1 aromatic carbocycles. The lowest BCUT2D eigenvalue weighted by Crippen LogP contribution is -2.22. The summed E-state index contributed by atoms with van der Waals surface area (Å²) in [5.41, 5.74) is 1.98. The molecule has 1 N–H and O–H groups in total. The number of hydrogen-bond acceptors (Lipinski definition) is 2. The lowest BCUT2D eigenvalue weighted by molar-refractivity contribution is 0.591. The second kappa shape index (κ2) is 6.51. The summed E-state index contributed by atoms with van der Waals surface area (Å²) in [7, 11) is 0. The quantitative estimate of drug-likeness (QED) is 0.824. The summed E-state index contributed by atoms with van der Waals surface area (Å²) in [6.45, 7) is 4.97. The first kappa shape index (κ1) is 14.5. The van der Waals surface area contributed by atoms with Gasteiger partial charge in [0.05, 0.1) is 11.1 Å². The van der Waals surface area contributed by atoms with Crippen LogP contribution in [0.15, 0.2) is 29.6 Å². The van der Waals surface area contributed by atoms with Crippen LogP contribution < -0.4 is 5.32 Å². The Hall–Kier alpha value is -0.900. The molecule has 0 amide bonds. The summed E-state index contributed by atoms with van der Waals surface area (Å²) in [5, 5.41) is 6.26. The van der Waals surface area contributed by atoms with Gasteiger partial charge >= 0.3 is 0 Å². The molecule has 0 radical (unpaired) electrons. The molecule has 19 heavy (non-hydrogen) atoms. The van der Waals surface area contributed by atoms with E-state index in [0.717, 1.165) is 34.0 Å². The number of benzene rings is 1. The van der Waals surface area contributed by atoms with Crippen LogP contribution in [0, 0.1) is 12.7 Å². The molecule has 0 aliphatic carbocycles. The molecule has 0 bridgehead atoms. The van der Waals surface area contributed by atoms with Gasteiger partial charge in [0.1, 0.15) is 5.82 Å². The lowest BCUT2D eigenvalue weighted by atomic mass is 10.0.